The molecule has 1 aromatic heterocycles. The van der Waals surface area contributed by atoms with Crippen LogP contribution in [0.5, 0.6) is 0 Å². The summed E-state index contributed by atoms with van der Waals surface area (Å²) < 4.78 is 0. The van der Waals surface area contributed by atoms with Crippen molar-refractivity contribution in [2.75, 3.05) is 7.05 Å². The second-order valence-electron chi connectivity index (χ2n) is 5.29. The molecular weight excluding hydrogens is 208 g/mol. The number of hydrogen-bond donors (Lipinski definition) is 1. The summed E-state index contributed by atoms with van der Waals surface area (Å²) in [5, 5.41) is 3.54. The van der Waals surface area contributed by atoms with Gasteiger partial charge in [0.1, 0.15) is 0 Å². The van der Waals surface area contributed by atoms with Crippen molar-refractivity contribution < 1.29 is 0 Å². The van der Waals surface area contributed by atoms with Crippen molar-refractivity contribution in [3.8, 4) is 0 Å². The fourth-order valence-electron chi connectivity index (χ4n) is 3.38. The lowest BCUT2D eigenvalue weighted by Crippen LogP contribution is -2.43. The van der Waals surface area contributed by atoms with Crippen LogP contribution in [-0.2, 0) is 6.42 Å². The topological polar surface area (TPSA) is 24.9 Å². The van der Waals surface area contributed by atoms with Crippen LogP contribution in [0.2, 0.25) is 0 Å². The number of likely N-dealkylation sites (N-methyl/N-ethyl adjacent to an activating group) is 1. The predicted molar refractivity (Wildman–Crippen MR) is 72.0 cm³/mol. The molecule has 0 bridgehead atoms. The lowest BCUT2D eigenvalue weighted by Gasteiger charge is -2.36. The first-order valence-electron chi connectivity index (χ1n) is 6.88. The maximum absolute atomic E-state index is 4.46. The smallest absolute Gasteiger partial charge is 0.0419 e. The first-order chi connectivity index (χ1) is 8.30. The van der Waals surface area contributed by atoms with Crippen molar-refractivity contribution >= 4 is 0 Å². The maximum atomic E-state index is 4.46. The van der Waals surface area contributed by atoms with Gasteiger partial charge in [-0.3, -0.25) is 4.98 Å². The van der Waals surface area contributed by atoms with Crippen LogP contribution >= 0.6 is 0 Å². The van der Waals surface area contributed by atoms with Crippen LogP contribution in [0.4, 0.5) is 0 Å². The summed E-state index contributed by atoms with van der Waals surface area (Å²) in [6, 6.07) is 6.79. The molecule has 2 nitrogen and oxygen atoms in total. The minimum Gasteiger partial charge on any atom is -0.316 e. The van der Waals surface area contributed by atoms with Crippen LogP contribution in [0, 0.1) is 5.41 Å². The van der Waals surface area contributed by atoms with Gasteiger partial charge in [0.05, 0.1) is 0 Å². The number of rotatable bonds is 5. The third-order valence-corrected chi connectivity index (χ3v) is 4.53. The van der Waals surface area contributed by atoms with E-state index in [0.29, 0.717) is 11.5 Å². The van der Waals surface area contributed by atoms with Gasteiger partial charge in [-0.15, -0.1) is 0 Å². The molecule has 1 aromatic rings. The number of nitrogens with zero attached hydrogens (tertiary/aromatic N) is 1. The normalized spacial score (nSPS) is 20.4. The van der Waals surface area contributed by atoms with Gasteiger partial charge in [-0.05, 0) is 43.9 Å². The highest BCUT2D eigenvalue weighted by Crippen LogP contribution is 2.44. The third-order valence-electron chi connectivity index (χ3n) is 4.53. The van der Waals surface area contributed by atoms with Gasteiger partial charge in [0.25, 0.3) is 0 Å². The molecule has 94 valence electrons. The quantitative estimate of drug-likeness (QED) is 0.843. The van der Waals surface area contributed by atoms with E-state index in [1.54, 1.807) is 0 Å². The lowest BCUT2D eigenvalue weighted by molar-refractivity contribution is 0.191. The molecule has 0 spiro atoms. The average molecular weight is 232 g/mol. The van der Waals surface area contributed by atoms with Crippen molar-refractivity contribution in [1.29, 1.82) is 0 Å². The summed E-state index contributed by atoms with van der Waals surface area (Å²) in [7, 11) is 2.10. The van der Waals surface area contributed by atoms with Gasteiger partial charge in [0, 0.05) is 24.4 Å². The van der Waals surface area contributed by atoms with Crippen LogP contribution in [0.1, 0.15) is 44.7 Å². The number of hydrogen-bond acceptors (Lipinski definition) is 2. The Hall–Kier alpha value is -0.890. The molecule has 1 saturated carbocycles. The van der Waals surface area contributed by atoms with Crippen LogP contribution in [0.3, 0.4) is 0 Å². The van der Waals surface area contributed by atoms with Crippen molar-refractivity contribution in [1.82, 2.24) is 10.3 Å². The Morgan fingerprint density at radius 2 is 2.12 bits per heavy atom. The largest absolute Gasteiger partial charge is 0.316 e. The van der Waals surface area contributed by atoms with E-state index in [0.717, 1.165) is 6.42 Å². The second kappa shape index (κ2) is 5.63. The van der Waals surface area contributed by atoms with Crippen LogP contribution in [-0.4, -0.2) is 18.1 Å². The number of nitrogens with one attached hydrogen (secondary N) is 1. The summed E-state index contributed by atoms with van der Waals surface area (Å²) in [4.78, 5) is 4.46. The highest BCUT2D eigenvalue weighted by molar-refractivity contribution is 5.08. The predicted octanol–water partition coefficient (Wildman–Crippen LogP) is 3.18. The SMILES string of the molecule is CCC1(C(Cc2ccccn2)NC)CCCC1. The Morgan fingerprint density at radius 3 is 2.65 bits per heavy atom. The summed E-state index contributed by atoms with van der Waals surface area (Å²) in [6.07, 6.45) is 9.79. The van der Waals surface area contributed by atoms with Crippen LogP contribution in [0.15, 0.2) is 24.4 Å². The van der Waals surface area contributed by atoms with Gasteiger partial charge in [-0.1, -0.05) is 25.8 Å². The molecule has 1 N–H and O–H groups in total. The monoisotopic (exact) mass is 232 g/mol. The van der Waals surface area contributed by atoms with Gasteiger partial charge < -0.3 is 5.32 Å². The zero-order valence-corrected chi connectivity index (χ0v) is 11.1. The second-order valence-corrected chi connectivity index (χ2v) is 5.29. The van der Waals surface area contributed by atoms with E-state index in [2.05, 4.69) is 36.4 Å². The van der Waals surface area contributed by atoms with E-state index in [9.17, 15) is 0 Å². The molecule has 0 amide bonds. The molecule has 1 fully saturated rings. The molecule has 1 heterocycles. The zero-order valence-electron chi connectivity index (χ0n) is 11.1. The number of pyridine rings is 1. The van der Waals surface area contributed by atoms with Gasteiger partial charge in [-0.25, -0.2) is 0 Å². The molecule has 2 rings (SSSR count). The maximum Gasteiger partial charge on any atom is 0.0419 e. The molecule has 17 heavy (non-hydrogen) atoms. The molecule has 1 aliphatic carbocycles. The van der Waals surface area contributed by atoms with E-state index in [1.807, 2.05) is 12.3 Å². The first-order valence-corrected chi connectivity index (χ1v) is 6.88. The Morgan fingerprint density at radius 1 is 1.35 bits per heavy atom. The molecule has 2 heteroatoms. The summed E-state index contributed by atoms with van der Waals surface area (Å²) >= 11 is 0. The Balaban J connectivity index is 2.10. The van der Waals surface area contributed by atoms with E-state index < -0.39 is 0 Å². The van der Waals surface area contributed by atoms with Gasteiger partial charge in [0.2, 0.25) is 0 Å². The Bertz CT molecular complexity index is 328. The third kappa shape index (κ3) is 2.68. The standard InChI is InChI=1S/C15H24N2/c1-3-15(9-5-6-10-15)14(16-2)12-13-8-4-7-11-17-13/h4,7-8,11,14,16H,3,5-6,9-10,12H2,1-2H3. The molecule has 1 aliphatic rings. The molecule has 0 aliphatic heterocycles. The molecular formula is C15H24N2. The highest BCUT2D eigenvalue weighted by atomic mass is 14.9. The molecule has 0 aromatic carbocycles. The van der Waals surface area contributed by atoms with E-state index >= 15 is 0 Å². The van der Waals surface area contributed by atoms with E-state index in [4.69, 9.17) is 0 Å². The molecule has 0 saturated heterocycles. The fourth-order valence-corrected chi connectivity index (χ4v) is 3.38. The van der Waals surface area contributed by atoms with Crippen molar-refractivity contribution in [3.63, 3.8) is 0 Å². The molecule has 1 unspecified atom stereocenters. The first kappa shape index (κ1) is 12.6. The summed E-state index contributed by atoms with van der Waals surface area (Å²) in [6.45, 7) is 2.34. The van der Waals surface area contributed by atoms with Gasteiger partial charge >= 0.3 is 0 Å². The lowest BCUT2D eigenvalue weighted by atomic mass is 9.74. The molecule has 0 radical (unpaired) electrons. The van der Waals surface area contributed by atoms with Crippen molar-refractivity contribution in [3.05, 3.63) is 30.1 Å². The minimum atomic E-state index is 0.506. The zero-order chi connectivity index (χ0) is 12.1. The van der Waals surface area contributed by atoms with E-state index in [1.165, 1.54) is 37.8 Å². The summed E-state index contributed by atoms with van der Waals surface area (Å²) in [5.41, 5.74) is 1.72. The van der Waals surface area contributed by atoms with Crippen molar-refractivity contribution in [2.45, 2.75) is 51.5 Å². The van der Waals surface area contributed by atoms with Crippen molar-refractivity contribution in [2.24, 2.45) is 5.41 Å². The van der Waals surface area contributed by atoms with Gasteiger partial charge in [0.15, 0.2) is 0 Å². The Labute approximate surface area is 105 Å². The average Bonchev–Trinajstić information content (AvgIpc) is 2.87. The molecule has 1 atom stereocenters. The fraction of sp³-hybridized carbons (Fsp3) is 0.667. The minimum absolute atomic E-state index is 0.506. The van der Waals surface area contributed by atoms with Gasteiger partial charge in [-0.2, -0.15) is 0 Å². The van der Waals surface area contributed by atoms with Crippen LogP contribution in [0.25, 0.3) is 0 Å². The summed E-state index contributed by atoms with van der Waals surface area (Å²) in [5.74, 6) is 0. The number of aromatic nitrogens is 1. The highest BCUT2D eigenvalue weighted by Gasteiger charge is 2.38. The van der Waals surface area contributed by atoms with Crippen LogP contribution < -0.4 is 5.32 Å². The Kier molecular flexibility index (Phi) is 4.16. The van der Waals surface area contributed by atoms with E-state index in [-0.39, 0.29) is 0 Å².